The van der Waals surface area contributed by atoms with Gasteiger partial charge in [0, 0.05) is 24.2 Å². The fourth-order valence-corrected chi connectivity index (χ4v) is 4.60. The van der Waals surface area contributed by atoms with Gasteiger partial charge in [-0.15, -0.1) is 0 Å². The number of carbonyl (C=O) groups is 2. The number of rotatable bonds is 8. The number of fused-ring (bicyclic) bond motifs is 1. The molecular weight excluding hydrogens is 416 g/mol. The topological polar surface area (TPSA) is 70.1 Å². The summed E-state index contributed by atoms with van der Waals surface area (Å²) in [6.07, 6.45) is 0.651. The van der Waals surface area contributed by atoms with Crippen LogP contribution in [-0.4, -0.2) is 55.2 Å². The highest BCUT2D eigenvalue weighted by atomic mass is 35.5. The molecule has 2 aromatic rings. The van der Waals surface area contributed by atoms with Crippen LogP contribution in [0.4, 0.5) is 5.69 Å². The van der Waals surface area contributed by atoms with Crippen molar-refractivity contribution in [3.63, 3.8) is 0 Å². The van der Waals surface area contributed by atoms with Crippen molar-refractivity contribution in [1.82, 2.24) is 4.90 Å². The molecule has 1 atom stereocenters. The first-order valence-corrected chi connectivity index (χ1v) is 11.0. The Kier molecular flexibility index (Phi) is 7.04. The Morgan fingerprint density at radius 2 is 1.87 bits per heavy atom. The number of benzene rings is 2. The lowest BCUT2D eigenvalue weighted by atomic mass is 9.83. The first kappa shape index (κ1) is 23.3. The first-order valence-electron chi connectivity index (χ1n) is 10.6. The molecule has 1 unspecified atom stereocenters. The van der Waals surface area contributed by atoms with Gasteiger partial charge in [0.2, 0.25) is 0 Å². The molecule has 1 amide bonds. The minimum Gasteiger partial charge on any atom is -0.465 e. The zero-order valence-corrected chi connectivity index (χ0v) is 19.2. The van der Waals surface area contributed by atoms with Crippen LogP contribution in [0.2, 0.25) is 5.02 Å². The van der Waals surface area contributed by atoms with Gasteiger partial charge in [0.1, 0.15) is 0 Å². The molecule has 6 nitrogen and oxygen atoms in total. The fourth-order valence-electron chi connectivity index (χ4n) is 4.25. The maximum absolute atomic E-state index is 13.7. The minimum atomic E-state index is -1.92. The molecule has 0 spiro atoms. The van der Waals surface area contributed by atoms with Crippen LogP contribution in [0.25, 0.3) is 0 Å². The van der Waals surface area contributed by atoms with Crippen LogP contribution >= 0.6 is 11.6 Å². The summed E-state index contributed by atoms with van der Waals surface area (Å²) in [4.78, 5) is 29.6. The van der Waals surface area contributed by atoms with Gasteiger partial charge >= 0.3 is 5.97 Å². The van der Waals surface area contributed by atoms with E-state index in [0.29, 0.717) is 36.3 Å². The van der Waals surface area contributed by atoms with Crippen molar-refractivity contribution in [3.05, 3.63) is 63.7 Å². The normalized spacial score (nSPS) is 17.9. The van der Waals surface area contributed by atoms with Crippen LogP contribution in [0, 0.1) is 0 Å². The van der Waals surface area contributed by atoms with Crippen LogP contribution in [0.5, 0.6) is 0 Å². The molecule has 0 bridgehead atoms. The van der Waals surface area contributed by atoms with Gasteiger partial charge in [-0.05, 0) is 37.2 Å². The van der Waals surface area contributed by atoms with Crippen LogP contribution < -0.4 is 4.90 Å². The number of aryl methyl sites for hydroxylation is 1. The standard InChI is InChI=1S/C24H29ClN2O4/c1-5-16-10-8-9-11-18(16)24(30)21-19(25)14-17(22(28)31-4)15-20(21)27(23(24)29)13-12-26(6-2)7-3/h8-11,14-15,30H,5-7,12-13H2,1-4H3. The predicted molar refractivity (Wildman–Crippen MR) is 122 cm³/mol. The largest absolute Gasteiger partial charge is 0.465 e. The number of anilines is 1. The predicted octanol–water partition coefficient (Wildman–Crippen LogP) is 3.61. The summed E-state index contributed by atoms with van der Waals surface area (Å²) in [6, 6.07) is 10.4. The molecule has 0 fully saturated rings. The van der Waals surface area contributed by atoms with Gasteiger partial charge in [0.05, 0.1) is 23.4 Å². The van der Waals surface area contributed by atoms with Crippen molar-refractivity contribution in [2.45, 2.75) is 32.8 Å². The summed E-state index contributed by atoms with van der Waals surface area (Å²) in [7, 11) is 1.29. The van der Waals surface area contributed by atoms with Crippen LogP contribution in [0.3, 0.4) is 0 Å². The molecule has 2 aromatic carbocycles. The summed E-state index contributed by atoms with van der Waals surface area (Å²) < 4.78 is 4.85. The van der Waals surface area contributed by atoms with Crippen molar-refractivity contribution < 1.29 is 19.4 Å². The average molecular weight is 445 g/mol. The van der Waals surface area contributed by atoms with E-state index in [1.807, 2.05) is 19.1 Å². The molecule has 0 radical (unpaired) electrons. The van der Waals surface area contributed by atoms with Crippen LogP contribution in [-0.2, 0) is 21.6 Å². The van der Waals surface area contributed by atoms with E-state index in [4.69, 9.17) is 16.3 Å². The van der Waals surface area contributed by atoms with Gasteiger partial charge in [-0.2, -0.15) is 0 Å². The van der Waals surface area contributed by atoms with Crippen molar-refractivity contribution in [3.8, 4) is 0 Å². The Bertz CT molecular complexity index is 990. The molecule has 0 aliphatic carbocycles. The number of esters is 1. The minimum absolute atomic E-state index is 0.157. The van der Waals surface area contributed by atoms with E-state index in [9.17, 15) is 14.7 Å². The van der Waals surface area contributed by atoms with E-state index in [-0.39, 0.29) is 10.6 Å². The first-order chi connectivity index (χ1) is 14.8. The lowest BCUT2D eigenvalue weighted by molar-refractivity contribution is -0.132. The molecule has 7 heteroatoms. The molecule has 3 rings (SSSR count). The number of aliphatic hydroxyl groups is 1. The van der Waals surface area contributed by atoms with E-state index in [0.717, 1.165) is 18.7 Å². The van der Waals surface area contributed by atoms with Gasteiger partial charge < -0.3 is 19.6 Å². The van der Waals surface area contributed by atoms with Gasteiger partial charge in [-0.3, -0.25) is 4.79 Å². The second-order valence-electron chi connectivity index (χ2n) is 7.55. The number of carbonyl (C=O) groups excluding carboxylic acids is 2. The summed E-state index contributed by atoms with van der Waals surface area (Å²) in [5.74, 6) is -1.01. The van der Waals surface area contributed by atoms with Gasteiger partial charge in [-0.25, -0.2) is 4.79 Å². The second kappa shape index (κ2) is 9.39. The maximum atomic E-state index is 13.7. The molecule has 1 N–H and O–H groups in total. The molecule has 0 saturated carbocycles. The number of hydrogen-bond acceptors (Lipinski definition) is 5. The SMILES string of the molecule is CCc1ccccc1C1(O)C(=O)N(CCN(CC)CC)c2cc(C(=O)OC)cc(Cl)c21. The molecule has 1 heterocycles. The van der Waals surface area contributed by atoms with Crippen molar-refractivity contribution in [1.29, 1.82) is 0 Å². The fraction of sp³-hybridized carbons (Fsp3) is 0.417. The van der Waals surface area contributed by atoms with E-state index >= 15 is 0 Å². The Morgan fingerprint density at radius 3 is 2.48 bits per heavy atom. The number of amides is 1. The van der Waals surface area contributed by atoms with Crippen LogP contribution in [0.1, 0.15) is 47.8 Å². The third kappa shape index (κ3) is 3.95. The Balaban J connectivity index is 2.20. The van der Waals surface area contributed by atoms with Gasteiger partial charge in [-0.1, -0.05) is 56.6 Å². The maximum Gasteiger partial charge on any atom is 0.337 e. The van der Waals surface area contributed by atoms with Crippen molar-refractivity contribution in [2.75, 3.05) is 38.2 Å². The Hall–Kier alpha value is -2.41. The number of nitrogens with zero attached hydrogens (tertiary/aromatic N) is 2. The third-order valence-corrected chi connectivity index (χ3v) is 6.32. The van der Waals surface area contributed by atoms with Crippen molar-refractivity contribution in [2.24, 2.45) is 0 Å². The molecule has 0 saturated heterocycles. The van der Waals surface area contributed by atoms with Gasteiger partial charge in [0.15, 0.2) is 5.60 Å². The average Bonchev–Trinajstić information content (AvgIpc) is 3.01. The van der Waals surface area contributed by atoms with Crippen LogP contribution in [0.15, 0.2) is 36.4 Å². The highest BCUT2D eigenvalue weighted by Crippen LogP contribution is 2.49. The Labute approximate surface area is 188 Å². The van der Waals surface area contributed by atoms with E-state index in [1.54, 1.807) is 23.1 Å². The van der Waals surface area contributed by atoms with Crippen molar-refractivity contribution >= 4 is 29.2 Å². The molecule has 31 heavy (non-hydrogen) atoms. The van der Waals surface area contributed by atoms with E-state index in [2.05, 4.69) is 18.7 Å². The summed E-state index contributed by atoms with van der Waals surface area (Å²) >= 11 is 6.60. The van der Waals surface area contributed by atoms with Gasteiger partial charge in [0.25, 0.3) is 5.91 Å². The molecule has 166 valence electrons. The summed E-state index contributed by atoms with van der Waals surface area (Å²) in [5, 5.41) is 12.1. The molecular formula is C24H29ClN2O4. The number of hydrogen-bond donors (Lipinski definition) is 1. The monoisotopic (exact) mass is 444 g/mol. The molecule has 1 aliphatic rings. The number of methoxy groups -OCH3 is 1. The van der Waals surface area contributed by atoms with E-state index in [1.165, 1.54) is 13.2 Å². The number of likely N-dealkylation sites (N-methyl/N-ethyl adjacent to an activating group) is 1. The highest BCUT2D eigenvalue weighted by Gasteiger charge is 2.53. The van der Waals surface area contributed by atoms with E-state index < -0.39 is 17.5 Å². The highest BCUT2D eigenvalue weighted by molar-refractivity contribution is 6.33. The third-order valence-electron chi connectivity index (χ3n) is 6.02. The lowest BCUT2D eigenvalue weighted by Crippen LogP contribution is -2.44. The summed E-state index contributed by atoms with van der Waals surface area (Å²) in [6.45, 7) is 8.78. The summed E-state index contributed by atoms with van der Waals surface area (Å²) in [5.41, 5.74) is 0.451. The molecule has 0 aromatic heterocycles. The molecule has 1 aliphatic heterocycles. The number of ether oxygens (including phenoxy) is 1. The quantitative estimate of drug-likeness (QED) is 0.630. The zero-order chi connectivity index (χ0) is 22.8. The lowest BCUT2D eigenvalue weighted by Gasteiger charge is -2.27. The second-order valence-corrected chi connectivity index (χ2v) is 7.96. The number of halogens is 1. The Morgan fingerprint density at radius 1 is 1.19 bits per heavy atom. The smallest absolute Gasteiger partial charge is 0.337 e. The zero-order valence-electron chi connectivity index (χ0n) is 18.4.